The summed E-state index contributed by atoms with van der Waals surface area (Å²) in [6.45, 7) is 4.09. The zero-order valence-electron chi connectivity index (χ0n) is 11.0. The molecule has 1 rings (SSSR count). The summed E-state index contributed by atoms with van der Waals surface area (Å²) < 4.78 is 4.93. The first-order valence-electron chi connectivity index (χ1n) is 5.85. The topological polar surface area (TPSA) is 64.4 Å². The Morgan fingerprint density at radius 2 is 2.32 bits per heavy atom. The number of nitro groups is 1. The van der Waals surface area contributed by atoms with Gasteiger partial charge in [0.1, 0.15) is 5.02 Å². The minimum atomic E-state index is -0.480. The maximum atomic E-state index is 10.8. The molecule has 1 aromatic rings. The quantitative estimate of drug-likeness (QED) is 0.475. The van der Waals surface area contributed by atoms with Gasteiger partial charge in [-0.3, -0.25) is 10.1 Å². The lowest BCUT2D eigenvalue weighted by molar-refractivity contribution is -0.384. The van der Waals surface area contributed by atoms with Gasteiger partial charge in [-0.05, 0) is 18.6 Å². The van der Waals surface area contributed by atoms with Crippen molar-refractivity contribution < 1.29 is 9.66 Å². The number of nitrogens with one attached hydrogen (secondary N) is 1. The number of nitro benzene ring substituents is 1. The fourth-order valence-corrected chi connectivity index (χ4v) is 1.74. The van der Waals surface area contributed by atoms with Gasteiger partial charge in [0.15, 0.2) is 0 Å². The molecule has 6 heteroatoms. The second-order valence-corrected chi connectivity index (χ2v) is 4.54. The predicted molar refractivity (Wildman–Crippen MR) is 76.5 cm³/mol. The van der Waals surface area contributed by atoms with Crippen molar-refractivity contribution in [3.8, 4) is 0 Å². The van der Waals surface area contributed by atoms with E-state index in [-0.39, 0.29) is 10.7 Å². The van der Waals surface area contributed by atoms with E-state index in [1.807, 2.05) is 13.0 Å². The van der Waals surface area contributed by atoms with Crippen LogP contribution >= 0.6 is 11.6 Å². The molecule has 0 amide bonds. The van der Waals surface area contributed by atoms with Crippen LogP contribution in [0.15, 0.2) is 23.8 Å². The molecule has 0 atom stereocenters. The van der Waals surface area contributed by atoms with Gasteiger partial charge < -0.3 is 10.1 Å². The molecule has 0 aliphatic heterocycles. The minimum Gasteiger partial charge on any atom is -0.383 e. The van der Waals surface area contributed by atoms with E-state index >= 15 is 0 Å². The van der Waals surface area contributed by atoms with Crippen LogP contribution in [0, 0.1) is 10.1 Å². The molecule has 0 bridgehead atoms. The molecule has 0 aliphatic rings. The van der Waals surface area contributed by atoms with E-state index in [0.717, 1.165) is 17.7 Å². The van der Waals surface area contributed by atoms with Gasteiger partial charge >= 0.3 is 0 Å². The van der Waals surface area contributed by atoms with Gasteiger partial charge in [-0.15, -0.1) is 0 Å². The molecule has 0 aliphatic carbocycles. The van der Waals surface area contributed by atoms with Crippen LogP contribution < -0.4 is 5.32 Å². The van der Waals surface area contributed by atoms with Crippen molar-refractivity contribution >= 4 is 23.4 Å². The molecule has 0 spiro atoms. The number of halogens is 1. The Hall–Kier alpha value is -1.43. The van der Waals surface area contributed by atoms with Gasteiger partial charge in [-0.25, -0.2) is 0 Å². The highest BCUT2D eigenvalue weighted by Gasteiger charge is 2.11. The first-order chi connectivity index (χ1) is 9.04. The van der Waals surface area contributed by atoms with Crippen LogP contribution in [0.5, 0.6) is 0 Å². The Bertz CT molecular complexity index is 475. The molecule has 0 aromatic heterocycles. The van der Waals surface area contributed by atoms with Gasteiger partial charge in [0, 0.05) is 26.3 Å². The van der Waals surface area contributed by atoms with E-state index in [1.54, 1.807) is 13.2 Å². The molecule has 5 nitrogen and oxygen atoms in total. The summed E-state index contributed by atoms with van der Waals surface area (Å²) >= 11 is 5.76. The first-order valence-corrected chi connectivity index (χ1v) is 6.23. The Kier molecular flexibility index (Phi) is 6.49. The second kappa shape index (κ2) is 7.89. The lowest BCUT2D eigenvalue weighted by atomic mass is 10.1. The van der Waals surface area contributed by atoms with Gasteiger partial charge in [0.25, 0.3) is 5.69 Å². The zero-order chi connectivity index (χ0) is 14.3. The summed E-state index contributed by atoms with van der Waals surface area (Å²) in [5.41, 5.74) is 1.77. The largest absolute Gasteiger partial charge is 0.383 e. The third kappa shape index (κ3) is 5.38. The van der Waals surface area contributed by atoms with Crippen molar-refractivity contribution in [2.45, 2.75) is 6.92 Å². The summed E-state index contributed by atoms with van der Waals surface area (Å²) in [7, 11) is 1.65. The van der Waals surface area contributed by atoms with Crippen molar-refractivity contribution in [1.29, 1.82) is 0 Å². The number of hydrogen-bond acceptors (Lipinski definition) is 4. The van der Waals surface area contributed by atoms with Gasteiger partial charge in [-0.2, -0.15) is 0 Å². The number of rotatable bonds is 7. The molecule has 0 saturated heterocycles. The lowest BCUT2D eigenvalue weighted by Gasteiger charge is -2.04. The summed E-state index contributed by atoms with van der Waals surface area (Å²) in [4.78, 5) is 10.3. The third-order valence-electron chi connectivity index (χ3n) is 2.47. The number of ether oxygens (including phenoxy) is 1. The molecule has 0 fully saturated rings. The number of methoxy groups -OCH3 is 1. The molecule has 1 aromatic carbocycles. The van der Waals surface area contributed by atoms with Crippen molar-refractivity contribution in [3.05, 3.63) is 44.5 Å². The SMILES string of the molecule is COCCNCC(C)=Cc1ccc(Cl)c([N+](=O)[O-])c1. The van der Waals surface area contributed by atoms with Crippen molar-refractivity contribution in [1.82, 2.24) is 5.32 Å². The number of hydrogen-bond donors (Lipinski definition) is 1. The normalized spacial score (nSPS) is 11.6. The van der Waals surface area contributed by atoms with Crippen LogP contribution in [0.3, 0.4) is 0 Å². The van der Waals surface area contributed by atoms with E-state index < -0.39 is 4.92 Å². The highest BCUT2D eigenvalue weighted by atomic mass is 35.5. The monoisotopic (exact) mass is 284 g/mol. The summed E-state index contributed by atoms with van der Waals surface area (Å²) in [5.74, 6) is 0. The van der Waals surface area contributed by atoms with E-state index in [0.29, 0.717) is 13.2 Å². The fraction of sp³-hybridized carbons (Fsp3) is 0.385. The number of benzene rings is 1. The van der Waals surface area contributed by atoms with Crippen LogP contribution in [-0.2, 0) is 4.74 Å². The van der Waals surface area contributed by atoms with E-state index in [4.69, 9.17) is 16.3 Å². The Morgan fingerprint density at radius 3 is 2.95 bits per heavy atom. The Morgan fingerprint density at radius 1 is 1.58 bits per heavy atom. The maximum absolute atomic E-state index is 10.8. The van der Waals surface area contributed by atoms with Crippen molar-refractivity contribution in [2.75, 3.05) is 26.8 Å². The first kappa shape index (κ1) is 15.6. The minimum absolute atomic E-state index is 0.0736. The van der Waals surface area contributed by atoms with Crippen LogP contribution in [0.25, 0.3) is 6.08 Å². The summed E-state index contributed by atoms with van der Waals surface area (Å²) in [6.07, 6.45) is 1.89. The van der Waals surface area contributed by atoms with Crippen LogP contribution in [0.2, 0.25) is 5.02 Å². The standard InChI is InChI=1S/C13H17ClN2O3/c1-10(9-15-5-6-19-2)7-11-3-4-12(14)13(8-11)16(17)18/h3-4,7-8,15H,5-6,9H2,1-2H3. The predicted octanol–water partition coefficient (Wildman–Crippen LogP) is 2.89. The molecule has 1 N–H and O–H groups in total. The second-order valence-electron chi connectivity index (χ2n) is 4.13. The fourth-order valence-electron chi connectivity index (χ4n) is 1.55. The van der Waals surface area contributed by atoms with Gasteiger partial charge in [-0.1, -0.05) is 29.3 Å². The number of nitrogens with zero attached hydrogens (tertiary/aromatic N) is 1. The smallest absolute Gasteiger partial charge is 0.288 e. The van der Waals surface area contributed by atoms with Crippen molar-refractivity contribution in [3.63, 3.8) is 0 Å². The highest BCUT2D eigenvalue weighted by Crippen LogP contribution is 2.25. The third-order valence-corrected chi connectivity index (χ3v) is 2.79. The van der Waals surface area contributed by atoms with Gasteiger partial charge in [0.05, 0.1) is 11.5 Å². The molecule has 104 valence electrons. The summed E-state index contributed by atoms with van der Waals surface area (Å²) in [6, 6.07) is 4.77. The van der Waals surface area contributed by atoms with E-state index in [1.165, 1.54) is 12.1 Å². The van der Waals surface area contributed by atoms with E-state index in [9.17, 15) is 10.1 Å². The average Bonchev–Trinajstić information content (AvgIpc) is 2.36. The maximum Gasteiger partial charge on any atom is 0.288 e. The van der Waals surface area contributed by atoms with Crippen LogP contribution in [0.1, 0.15) is 12.5 Å². The Labute approximate surface area is 117 Å². The van der Waals surface area contributed by atoms with E-state index in [2.05, 4.69) is 5.32 Å². The molecule has 0 heterocycles. The molecule has 0 unspecified atom stereocenters. The van der Waals surface area contributed by atoms with Crippen LogP contribution in [0.4, 0.5) is 5.69 Å². The molecular weight excluding hydrogens is 268 g/mol. The molecular formula is C13H17ClN2O3. The molecule has 19 heavy (non-hydrogen) atoms. The molecule has 0 radical (unpaired) electrons. The van der Waals surface area contributed by atoms with Crippen LogP contribution in [-0.4, -0.2) is 31.7 Å². The zero-order valence-corrected chi connectivity index (χ0v) is 11.7. The lowest BCUT2D eigenvalue weighted by Crippen LogP contribution is -2.20. The Balaban J connectivity index is 2.70. The van der Waals surface area contributed by atoms with Crippen molar-refractivity contribution in [2.24, 2.45) is 0 Å². The highest BCUT2D eigenvalue weighted by molar-refractivity contribution is 6.32. The average molecular weight is 285 g/mol. The molecule has 0 saturated carbocycles. The van der Waals surface area contributed by atoms with Gasteiger partial charge in [0.2, 0.25) is 0 Å². The summed E-state index contributed by atoms with van der Waals surface area (Å²) in [5, 5.41) is 14.1.